The summed E-state index contributed by atoms with van der Waals surface area (Å²) in [5.41, 5.74) is 2.71. The number of carbonyl (C=O) groups is 2. The molecule has 0 saturated carbocycles. The lowest BCUT2D eigenvalue weighted by Crippen LogP contribution is -2.44. The Morgan fingerprint density at radius 2 is 1.70 bits per heavy atom. The molecule has 1 aliphatic carbocycles. The summed E-state index contributed by atoms with van der Waals surface area (Å²) in [6.07, 6.45) is 0.840. The van der Waals surface area contributed by atoms with Gasteiger partial charge in [0.15, 0.2) is 0 Å². The number of carboxylic acids is 1. The van der Waals surface area contributed by atoms with Crippen molar-refractivity contribution in [3.63, 3.8) is 0 Å². The molecule has 2 aromatic carbocycles. The second-order valence-corrected chi connectivity index (χ2v) is 8.11. The van der Waals surface area contributed by atoms with E-state index in [0.717, 1.165) is 17.5 Å². The first kappa shape index (κ1) is 17.8. The van der Waals surface area contributed by atoms with Gasteiger partial charge in [0.2, 0.25) is 0 Å². The lowest BCUT2D eigenvalue weighted by atomic mass is 9.66. The highest BCUT2D eigenvalue weighted by Crippen LogP contribution is 2.49. The lowest BCUT2D eigenvalue weighted by molar-refractivity contribution is -0.141. The fourth-order valence-electron chi connectivity index (χ4n) is 5.23. The molecule has 4 heteroatoms. The molecule has 0 bridgehead atoms. The van der Waals surface area contributed by atoms with Crippen LogP contribution in [0, 0.1) is 17.8 Å². The third kappa shape index (κ3) is 2.93. The number of likely N-dealkylation sites (tertiary alicyclic amines) is 1. The van der Waals surface area contributed by atoms with Gasteiger partial charge >= 0.3 is 5.97 Å². The molecule has 1 fully saturated rings. The summed E-state index contributed by atoms with van der Waals surface area (Å²) in [7, 11) is 0. The summed E-state index contributed by atoms with van der Waals surface area (Å²) in [6.45, 7) is 4.81. The minimum Gasteiger partial charge on any atom is -0.481 e. The highest BCUT2D eigenvalue weighted by molar-refractivity contribution is 5.94. The van der Waals surface area contributed by atoms with E-state index < -0.39 is 11.9 Å². The summed E-state index contributed by atoms with van der Waals surface area (Å²) < 4.78 is 0. The van der Waals surface area contributed by atoms with Gasteiger partial charge in [-0.1, -0.05) is 56.3 Å². The van der Waals surface area contributed by atoms with E-state index in [1.54, 1.807) is 0 Å². The van der Waals surface area contributed by atoms with Gasteiger partial charge in [0.25, 0.3) is 5.91 Å². The smallest absolute Gasteiger partial charge is 0.311 e. The van der Waals surface area contributed by atoms with E-state index in [-0.39, 0.29) is 29.7 Å². The van der Waals surface area contributed by atoms with Crippen molar-refractivity contribution in [2.75, 3.05) is 6.54 Å². The van der Waals surface area contributed by atoms with Crippen molar-refractivity contribution in [2.45, 2.75) is 32.2 Å². The van der Waals surface area contributed by atoms with Gasteiger partial charge in [-0.3, -0.25) is 9.59 Å². The van der Waals surface area contributed by atoms with Crippen LogP contribution in [0.3, 0.4) is 0 Å². The first-order valence-electron chi connectivity index (χ1n) is 9.65. The summed E-state index contributed by atoms with van der Waals surface area (Å²) in [4.78, 5) is 27.4. The van der Waals surface area contributed by atoms with Crippen molar-refractivity contribution in [3.05, 3.63) is 71.3 Å². The number of benzene rings is 2. The molecule has 1 amide bonds. The fraction of sp³-hybridized carbons (Fsp3) is 0.391. The summed E-state index contributed by atoms with van der Waals surface area (Å²) in [6, 6.07) is 17.1. The number of hydrogen-bond donors (Lipinski definition) is 1. The van der Waals surface area contributed by atoms with E-state index in [2.05, 4.69) is 13.8 Å². The van der Waals surface area contributed by atoms with Gasteiger partial charge in [0, 0.05) is 24.1 Å². The van der Waals surface area contributed by atoms with Gasteiger partial charge in [0.1, 0.15) is 0 Å². The van der Waals surface area contributed by atoms with E-state index in [9.17, 15) is 14.7 Å². The van der Waals surface area contributed by atoms with Gasteiger partial charge < -0.3 is 10.0 Å². The Kier molecular flexibility index (Phi) is 4.50. The van der Waals surface area contributed by atoms with Crippen molar-refractivity contribution < 1.29 is 14.7 Å². The molecule has 0 aromatic heterocycles. The van der Waals surface area contributed by atoms with E-state index in [1.807, 2.05) is 59.5 Å². The SMILES string of the molecule is CC(C)[C@H]1[C@H]2[C@H](Cc3ccccc3[C@@H]2C(=O)O)CN1C(=O)c1ccccc1. The van der Waals surface area contributed by atoms with Crippen LogP contribution in [0.5, 0.6) is 0 Å². The van der Waals surface area contributed by atoms with Gasteiger partial charge in [-0.05, 0) is 41.5 Å². The number of hydrogen-bond acceptors (Lipinski definition) is 2. The number of nitrogens with zero attached hydrogens (tertiary/aromatic N) is 1. The first-order chi connectivity index (χ1) is 13.0. The molecule has 1 aliphatic heterocycles. The number of aliphatic carboxylic acids is 1. The van der Waals surface area contributed by atoms with Crippen LogP contribution < -0.4 is 0 Å². The predicted molar refractivity (Wildman–Crippen MR) is 104 cm³/mol. The molecule has 2 aliphatic rings. The molecule has 0 radical (unpaired) electrons. The molecule has 4 atom stereocenters. The first-order valence-corrected chi connectivity index (χ1v) is 9.65. The average molecular weight is 363 g/mol. The molecular formula is C23H25NO3. The highest BCUT2D eigenvalue weighted by Gasteiger charge is 2.53. The zero-order valence-corrected chi connectivity index (χ0v) is 15.7. The number of amides is 1. The Morgan fingerprint density at radius 3 is 2.37 bits per heavy atom. The van der Waals surface area contributed by atoms with Gasteiger partial charge in [-0.25, -0.2) is 0 Å². The maximum Gasteiger partial charge on any atom is 0.311 e. The molecular weight excluding hydrogens is 338 g/mol. The Bertz CT molecular complexity index is 861. The van der Waals surface area contributed by atoms with Crippen LogP contribution in [0.1, 0.15) is 41.3 Å². The molecule has 1 N–H and O–H groups in total. The largest absolute Gasteiger partial charge is 0.481 e. The molecule has 1 saturated heterocycles. The normalized spacial score (nSPS) is 26.6. The minimum atomic E-state index is -0.781. The molecule has 4 nitrogen and oxygen atoms in total. The van der Waals surface area contributed by atoms with Crippen molar-refractivity contribution in [1.29, 1.82) is 0 Å². The number of rotatable bonds is 3. The van der Waals surface area contributed by atoms with Crippen LogP contribution in [0.15, 0.2) is 54.6 Å². The van der Waals surface area contributed by atoms with Crippen molar-refractivity contribution in [1.82, 2.24) is 4.90 Å². The van der Waals surface area contributed by atoms with E-state index in [4.69, 9.17) is 0 Å². The zero-order chi connectivity index (χ0) is 19.1. The standard InChI is InChI=1S/C23H25NO3/c1-14(2)21-19-17(13-24(21)22(25)15-8-4-3-5-9-15)12-16-10-6-7-11-18(16)20(19)23(26)27/h3-11,14,17,19-21H,12-13H2,1-2H3,(H,26,27)/t17-,19+,20+,21+/m1/s1. The third-order valence-corrected chi connectivity index (χ3v) is 6.22. The van der Waals surface area contributed by atoms with Crippen molar-refractivity contribution in [3.8, 4) is 0 Å². The Morgan fingerprint density at radius 1 is 1.04 bits per heavy atom. The number of fused-ring (bicyclic) bond motifs is 2. The molecule has 0 spiro atoms. The second-order valence-electron chi connectivity index (χ2n) is 8.11. The van der Waals surface area contributed by atoms with Gasteiger partial charge in [-0.15, -0.1) is 0 Å². The number of carbonyl (C=O) groups excluding carboxylic acids is 1. The Hall–Kier alpha value is -2.62. The highest BCUT2D eigenvalue weighted by atomic mass is 16.4. The lowest BCUT2D eigenvalue weighted by Gasteiger charge is -2.38. The van der Waals surface area contributed by atoms with Crippen LogP contribution >= 0.6 is 0 Å². The topological polar surface area (TPSA) is 57.6 Å². The minimum absolute atomic E-state index is 0.0110. The monoisotopic (exact) mass is 363 g/mol. The summed E-state index contributed by atoms with van der Waals surface area (Å²) >= 11 is 0. The molecule has 140 valence electrons. The van der Waals surface area contributed by atoms with Crippen LogP contribution in [-0.2, 0) is 11.2 Å². The van der Waals surface area contributed by atoms with Gasteiger partial charge in [0.05, 0.1) is 5.92 Å². The van der Waals surface area contributed by atoms with E-state index >= 15 is 0 Å². The van der Waals surface area contributed by atoms with Crippen LogP contribution in [-0.4, -0.2) is 34.5 Å². The number of carboxylic acid groups (broad SMARTS) is 1. The maximum absolute atomic E-state index is 13.2. The quantitative estimate of drug-likeness (QED) is 0.902. The van der Waals surface area contributed by atoms with Crippen LogP contribution in [0.2, 0.25) is 0 Å². The maximum atomic E-state index is 13.2. The third-order valence-electron chi connectivity index (χ3n) is 6.22. The Balaban J connectivity index is 1.76. The molecule has 1 heterocycles. The summed E-state index contributed by atoms with van der Waals surface area (Å²) in [5.74, 6) is -1.000. The Labute approximate surface area is 159 Å². The molecule has 2 aromatic rings. The van der Waals surface area contributed by atoms with E-state index in [1.165, 1.54) is 0 Å². The molecule has 0 unspecified atom stereocenters. The summed E-state index contributed by atoms with van der Waals surface area (Å²) in [5, 5.41) is 10.1. The van der Waals surface area contributed by atoms with Crippen molar-refractivity contribution in [2.24, 2.45) is 17.8 Å². The van der Waals surface area contributed by atoms with Crippen LogP contribution in [0.4, 0.5) is 0 Å². The molecule has 27 heavy (non-hydrogen) atoms. The van der Waals surface area contributed by atoms with Crippen LogP contribution in [0.25, 0.3) is 0 Å². The second kappa shape index (κ2) is 6.84. The van der Waals surface area contributed by atoms with Gasteiger partial charge in [-0.2, -0.15) is 0 Å². The molecule has 4 rings (SSSR count). The predicted octanol–water partition coefficient (Wildman–Crippen LogP) is 3.82. The average Bonchev–Trinajstić information content (AvgIpc) is 3.04. The zero-order valence-electron chi connectivity index (χ0n) is 15.7. The fourth-order valence-corrected chi connectivity index (χ4v) is 5.23. The van der Waals surface area contributed by atoms with E-state index in [0.29, 0.717) is 12.1 Å². The van der Waals surface area contributed by atoms with Crippen molar-refractivity contribution >= 4 is 11.9 Å².